The molecule has 0 unspecified atom stereocenters. The molecule has 3 nitrogen and oxygen atoms in total. The third kappa shape index (κ3) is 2.86. The van der Waals surface area contributed by atoms with Gasteiger partial charge in [-0.3, -0.25) is 4.79 Å². The van der Waals surface area contributed by atoms with Crippen LogP contribution in [-0.4, -0.2) is 16.1 Å². The molecule has 0 amide bonds. The predicted molar refractivity (Wildman–Crippen MR) is 84.8 cm³/mol. The molecule has 1 aromatic carbocycles. The van der Waals surface area contributed by atoms with Crippen molar-refractivity contribution in [3.63, 3.8) is 0 Å². The molecule has 3 rings (SSSR count). The van der Waals surface area contributed by atoms with Gasteiger partial charge in [-0.05, 0) is 30.7 Å². The number of carboxylic acids is 1. The fourth-order valence-electron chi connectivity index (χ4n) is 2.72. The zero-order valence-corrected chi connectivity index (χ0v) is 13.1. The first-order valence-electron chi connectivity index (χ1n) is 7.36. The summed E-state index contributed by atoms with van der Waals surface area (Å²) in [6, 6.07) is 8.55. The van der Waals surface area contributed by atoms with E-state index >= 15 is 0 Å². The third-order valence-electron chi connectivity index (χ3n) is 4.11. The smallest absolute Gasteiger partial charge is 0.306 e. The highest BCUT2D eigenvalue weighted by molar-refractivity contribution is 7.15. The summed E-state index contributed by atoms with van der Waals surface area (Å²) in [7, 11) is 0. The van der Waals surface area contributed by atoms with E-state index in [9.17, 15) is 4.79 Å². The van der Waals surface area contributed by atoms with Crippen LogP contribution < -0.4 is 0 Å². The molecule has 1 aliphatic rings. The van der Waals surface area contributed by atoms with E-state index in [0.717, 1.165) is 27.6 Å². The molecule has 1 atom stereocenters. The summed E-state index contributed by atoms with van der Waals surface area (Å²) >= 11 is 1.65. The number of fused-ring (bicyclic) bond motifs is 1. The van der Waals surface area contributed by atoms with Crippen LogP contribution in [0.1, 0.15) is 42.3 Å². The van der Waals surface area contributed by atoms with Crippen molar-refractivity contribution >= 4 is 17.3 Å². The summed E-state index contributed by atoms with van der Waals surface area (Å²) in [5.74, 6) is -0.397. The number of aryl methyl sites for hydroxylation is 1. The van der Waals surface area contributed by atoms with E-state index in [2.05, 4.69) is 38.1 Å². The Morgan fingerprint density at radius 1 is 1.33 bits per heavy atom. The summed E-state index contributed by atoms with van der Waals surface area (Å²) in [4.78, 5) is 17.0. The van der Waals surface area contributed by atoms with E-state index in [1.54, 1.807) is 11.3 Å². The Bertz CT molecular complexity index is 658. The third-order valence-corrected chi connectivity index (χ3v) is 5.28. The second kappa shape index (κ2) is 5.60. The van der Waals surface area contributed by atoms with Crippen LogP contribution in [0.25, 0.3) is 10.6 Å². The van der Waals surface area contributed by atoms with Crippen molar-refractivity contribution in [2.45, 2.75) is 39.0 Å². The van der Waals surface area contributed by atoms with Crippen LogP contribution in [0.4, 0.5) is 0 Å². The molecule has 0 bridgehead atoms. The Balaban J connectivity index is 1.86. The van der Waals surface area contributed by atoms with Crippen molar-refractivity contribution in [3.8, 4) is 10.6 Å². The molecule has 4 heteroatoms. The molecule has 2 aromatic rings. The van der Waals surface area contributed by atoms with Gasteiger partial charge in [0.1, 0.15) is 5.01 Å². The minimum absolute atomic E-state index is 0.242. The van der Waals surface area contributed by atoms with Crippen molar-refractivity contribution in [2.24, 2.45) is 5.92 Å². The van der Waals surface area contributed by atoms with Gasteiger partial charge in [-0.2, -0.15) is 0 Å². The van der Waals surface area contributed by atoms with Gasteiger partial charge in [0.25, 0.3) is 0 Å². The highest BCUT2D eigenvalue weighted by atomic mass is 32.1. The van der Waals surface area contributed by atoms with Gasteiger partial charge in [0.05, 0.1) is 11.6 Å². The summed E-state index contributed by atoms with van der Waals surface area (Å²) in [6.45, 7) is 4.37. The van der Waals surface area contributed by atoms with Gasteiger partial charge >= 0.3 is 5.97 Å². The minimum atomic E-state index is -0.683. The topological polar surface area (TPSA) is 50.2 Å². The van der Waals surface area contributed by atoms with E-state index < -0.39 is 5.97 Å². The second-order valence-corrected chi connectivity index (χ2v) is 7.03. The van der Waals surface area contributed by atoms with Crippen LogP contribution in [0.2, 0.25) is 0 Å². The molecule has 0 saturated carbocycles. The summed E-state index contributed by atoms with van der Waals surface area (Å²) < 4.78 is 0. The first-order valence-corrected chi connectivity index (χ1v) is 8.18. The average Bonchev–Trinajstić information content (AvgIpc) is 2.90. The SMILES string of the molecule is CC(C)c1ccc(-c2nc3c(s2)C[C@H](C(=O)O)CC3)cc1. The van der Waals surface area contributed by atoms with Gasteiger partial charge in [0.15, 0.2) is 0 Å². The molecule has 1 aliphatic carbocycles. The number of benzene rings is 1. The lowest BCUT2D eigenvalue weighted by atomic mass is 9.91. The molecule has 1 aromatic heterocycles. The minimum Gasteiger partial charge on any atom is -0.481 e. The van der Waals surface area contributed by atoms with Crippen molar-refractivity contribution in [2.75, 3.05) is 0 Å². The molecular weight excluding hydrogens is 282 g/mol. The van der Waals surface area contributed by atoms with Crippen LogP contribution in [0.3, 0.4) is 0 Å². The number of hydrogen-bond donors (Lipinski definition) is 1. The Labute approximate surface area is 128 Å². The quantitative estimate of drug-likeness (QED) is 0.927. The van der Waals surface area contributed by atoms with Crippen molar-refractivity contribution < 1.29 is 9.90 Å². The summed E-state index contributed by atoms with van der Waals surface area (Å²) in [6.07, 6.45) is 2.12. The average molecular weight is 301 g/mol. The predicted octanol–water partition coefficient (Wildman–Crippen LogP) is 4.12. The number of carbonyl (C=O) groups is 1. The highest BCUT2D eigenvalue weighted by Gasteiger charge is 2.27. The van der Waals surface area contributed by atoms with Crippen molar-refractivity contribution in [1.29, 1.82) is 0 Å². The molecule has 0 aliphatic heterocycles. The van der Waals surface area contributed by atoms with Gasteiger partial charge in [-0.15, -0.1) is 11.3 Å². The number of carboxylic acid groups (broad SMARTS) is 1. The Morgan fingerprint density at radius 3 is 2.67 bits per heavy atom. The van der Waals surface area contributed by atoms with Gasteiger partial charge in [-0.1, -0.05) is 38.1 Å². The summed E-state index contributed by atoms with van der Waals surface area (Å²) in [5, 5.41) is 10.2. The number of aliphatic carboxylic acids is 1. The lowest BCUT2D eigenvalue weighted by Crippen LogP contribution is -2.21. The fraction of sp³-hybridized carbons (Fsp3) is 0.412. The first-order chi connectivity index (χ1) is 10.0. The molecule has 1 heterocycles. The molecule has 21 heavy (non-hydrogen) atoms. The lowest BCUT2D eigenvalue weighted by molar-refractivity contribution is -0.142. The van der Waals surface area contributed by atoms with Crippen LogP contribution >= 0.6 is 11.3 Å². The molecule has 0 fully saturated rings. The maximum absolute atomic E-state index is 11.1. The molecular formula is C17H19NO2S. The van der Waals surface area contributed by atoms with Crippen LogP contribution in [-0.2, 0) is 17.6 Å². The maximum Gasteiger partial charge on any atom is 0.306 e. The number of rotatable bonds is 3. The molecule has 0 saturated heterocycles. The van der Waals surface area contributed by atoms with Crippen LogP contribution in [0, 0.1) is 5.92 Å². The highest BCUT2D eigenvalue weighted by Crippen LogP contribution is 2.35. The van der Waals surface area contributed by atoms with Gasteiger partial charge in [0, 0.05) is 10.4 Å². The second-order valence-electron chi connectivity index (χ2n) is 5.94. The normalized spacial score (nSPS) is 17.8. The van der Waals surface area contributed by atoms with E-state index in [1.807, 2.05) is 0 Å². The Morgan fingerprint density at radius 2 is 2.05 bits per heavy atom. The zero-order valence-electron chi connectivity index (χ0n) is 12.3. The number of hydrogen-bond acceptors (Lipinski definition) is 3. The van der Waals surface area contributed by atoms with Crippen LogP contribution in [0.5, 0.6) is 0 Å². The van der Waals surface area contributed by atoms with Gasteiger partial charge in [0.2, 0.25) is 0 Å². The standard InChI is InChI=1S/C17H19NO2S/c1-10(2)11-3-5-12(6-4-11)16-18-14-8-7-13(17(19)20)9-15(14)21-16/h3-6,10,13H,7-9H2,1-2H3,(H,19,20)/t13-/m1/s1. The number of nitrogens with zero attached hydrogens (tertiary/aromatic N) is 1. The Kier molecular flexibility index (Phi) is 3.81. The van der Waals surface area contributed by atoms with Gasteiger partial charge in [-0.25, -0.2) is 4.98 Å². The molecule has 110 valence electrons. The summed E-state index contributed by atoms with van der Waals surface area (Å²) in [5.41, 5.74) is 3.55. The monoisotopic (exact) mass is 301 g/mol. The number of thiazole rings is 1. The molecule has 0 spiro atoms. The van der Waals surface area contributed by atoms with Crippen molar-refractivity contribution in [1.82, 2.24) is 4.98 Å². The van der Waals surface area contributed by atoms with E-state index in [4.69, 9.17) is 10.1 Å². The van der Waals surface area contributed by atoms with E-state index in [1.165, 1.54) is 5.56 Å². The van der Waals surface area contributed by atoms with E-state index in [-0.39, 0.29) is 5.92 Å². The zero-order chi connectivity index (χ0) is 15.0. The van der Waals surface area contributed by atoms with Gasteiger partial charge < -0.3 is 5.11 Å². The Hall–Kier alpha value is -1.68. The molecule has 0 radical (unpaired) electrons. The fourth-order valence-corrected chi connectivity index (χ4v) is 3.91. The molecule has 1 N–H and O–H groups in total. The van der Waals surface area contributed by atoms with Crippen molar-refractivity contribution in [3.05, 3.63) is 40.4 Å². The van der Waals surface area contributed by atoms with Crippen LogP contribution in [0.15, 0.2) is 24.3 Å². The van der Waals surface area contributed by atoms with E-state index in [0.29, 0.717) is 18.8 Å². The lowest BCUT2D eigenvalue weighted by Gasteiger charge is -2.16. The first kappa shape index (κ1) is 14.3. The number of aromatic nitrogens is 1. The maximum atomic E-state index is 11.1. The largest absolute Gasteiger partial charge is 0.481 e.